The van der Waals surface area contributed by atoms with Crippen LogP contribution in [0, 0.1) is 17.2 Å². The van der Waals surface area contributed by atoms with Crippen molar-refractivity contribution in [3.05, 3.63) is 46.0 Å². The van der Waals surface area contributed by atoms with Crippen molar-refractivity contribution in [3.8, 4) is 0 Å². The second-order valence-corrected chi connectivity index (χ2v) is 8.23. The van der Waals surface area contributed by atoms with E-state index in [2.05, 4.69) is 4.98 Å². The second-order valence-electron chi connectivity index (χ2n) is 8.23. The van der Waals surface area contributed by atoms with Gasteiger partial charge in [-0.05, 0) is 37.3 Å². The number of pyridine rings is 1. The van der Waals surface area contributed by atoms with E-state index in [0.29, 0.717) is 44.0 Å². The molecule has 1 aliphatic heterocycles. The van der Waals surface area contributed by atoms with Crippen molar-refractivity contribution in [2.45, 2.75) is 45.8 Å². The number of aliphatic hydroxyl groups excluding tert-OH is 1. The molecule has 2 atom stereocenters. The molecule has 28 heavy (non-hydrogen) atoms. The van der Waals surface area contributed by atoms with E-state index in [1.807, 2.05) is 18.7 Å². The lowest BCUT2D eigenvalue weighted by Crippen LogP contribution is -2.55. The smallest absolute Gasteiger partial charge is 0.313 e. The molecule has 7 heteroatoms. The lowest BCUT2D eigenvalue weighted by molar-refractivity contribution is -0.165. The Kier molecular flexibility index (Phi) is 5.86. The Morgan fingerprint density at radius 3 is 2.86 bits per heavy atom. The van der Waals surface area contributed by atoms with Crippen molar-refractivity contribution in [2.75, 3.05) is 13.1 Å². The monoisotopic (exact) mass is 390 g/mol. The van der Waals surface area contributed by atoms with E-state index in [1.165, 1.54) is 18.2 Å². The van der Waals surface area contributed by atoms with Crippen LogP contribution in [-0.4, -0.2) is 45.3 Å². The van der Waals surface area contributed by atoms with E-state index < -0.39 is 23.3 Å². The van der Waals surface area contributed by atoms with Crippen LogP contribution in [0.25, 0.3) is 10.9 Å². The zero-order valence-electron chi connectivity index (χ0n) is 16.2. The van der Waals surface area contributed by atoms with Gasteiger partial charge in [0, 0.05) is 36.8 Å². The Morgan fingerprint density at radius 2 is 2.18 bits per heavy atom. The summed E-state index contributed by atoms with van der Waals surface area (Å²) in [6.45, 7) is 5.04. The van der Waals surface area contributed by atoms with E-state index in [9.17, 15) is 24.2 Å². The molecule has 0 radical (unpaired) electrons. The number of nitrogens with zero attached hydrogens (tertiary/aromatic N) is 1. The summed E-state index contributed by atoms with van der Waals surface area (Å²) < 4.78 is 14.1. The van der Waals surface area contributed by atoms with Crippen molar-refractivity contribution in [1.29, 1.82) is 0 Å². The molecule has 2 aromatic rings. The molecular weight excluding hydrogens is 363 g/mol. The molecule has 0 aliphatic carbocycles. The molecular formula is C21H27FN2O4. The van der Waals surface area contributed by atoms with Gasteiger partial charge in [-0.3, -0.25) is 14.5 Å². The van der Waals surface area contributed by atoms with Crippen LogP contribution < -0.4 is 5.43 Å². The topological polar surface area (TPSA) is 93.6 Å². The molecule has 3 N–H and O–H groups in total. The lowest BCUT2D eigenvalue weighted by atomic mass is 9.72. The molecule has 1 saturated heterocycles. The first-order valence-corrected chi connectivity index (χ1v) is 9.67. The molecule has 0 amide bonds. The first-order valence-electron chi connectivity index (χ1n) is 9.67. The Labute approximate surface area is 163 Å². The highest BCUT2D eigenvalue weighted by Gasteiger charge is 2.48. The number of H-pyrrole nitrogens is 1. The number of aromatic amines is 1. The predicted octanol–water partition coefficient (Wildman–Crippen LogP) is 2.74. The molecule has 1 fully saturated rings. The number of carbonyl (C=O) groups is 1. The summed E-state index contributed by atoms with van der Waals surface area (Å²) in [5.74, 6) is -1.16. The standard InChI is InChI=1S/C21H27FN2O4/c1-13(2)6-8-21(20(27)28)12-24(9-7-18(21)26)11-14-10-17(25)15-4-3-5-16(22)19(15)23-14/h3-5,10,13,18,26H,6-9,11-12H2,1-2H3,(H,23,25)(H,27,28)/t18-,21-/m1/s1. The summed E-state index contributed by atoms with van der Waals surface area (Å²) in [4.78, 5) is 29.3. The summed E-state index contributed by atoms with van der Waals surface area (Å²) in [5, 5.41) is 20.7. The average molecular weight is 390 g/mol. The molecule has 0 saturated carbocycles. The molecule has 0 spiro atoms. The Morgan fingerprint density at radius 1 is 1.43 bits per heavy atom. The summed E-state index contributed by atoms with van der Waals surface area (Å²) in [5.41, 5.74) is -0.816. The molecule has 2 heterocycles. The number of para-hydroxylation sites is 1. The largest absolute Gasteiger partial charge is 0.481 e. The van der Waals surface area contributed by atoms with Crippen LogP contribution >= 0.6 is 0 Å². The van der Waals surface area contributed by atoms with Gasteiger partial charge in [0.25, 0.3) is 0 Å². The van der Waals surface area contributed by atoms with Crippen molar-refractivity contribution >= 4 is 16.9 Å². The van der Waals surface area contributed by atoms with Crippen LogP contribution in [0.2, 0.25) is 0 Å². The summed E-state index contributed by atoms with van der Waals surface area (Å²) in [6, 6.07) is 5.79. The number of fused-ring (bicyclic) bond motifs is 1. The van der Waals surface area contributed by atoms with Crippen LogP contribution in [0.3, 0.4) is 0 Å². The summed E-state index contributed by atoms with van der Waals surface area (Å²) in [6.07, 6.45) is 0.528. The fraction of sp³-hybridized carbons (Fsp3) is 0.524. The van der Waals surface area contributed by atoms with Crippen molar-refractivity contribution in [1.82, 2.24) is 9.88 Å². The number of hydrogen-bond donors (Lipinski definition) is 3. The molecule has 1 aliphatic rings. The summed E-state index contributed by atoms with van der Waals surface area (Å²) in [7, 11) is 0. The van der Waals surface area contributed by atoms with Crippen LogP contribution in [0.1, 0.15) is 38.8 Å². The van der Waals surface area contributed by atoms with E-state index in [1.54, 1.807) is 6.07 Å². The normalized spacial score (nSPS) is 23.4. The van der Waals surface area contributed by atoms with Gasteiger partial charge in [-0.15, -0.1) is 0 Å². The summed E-state index contributed by atoms with van der Waals surface area (Å²) >= 11 is 0. The second kappa shape index (κ2) is 8.01. The van der Waals surface area contributed by atoms with Gasteiger partial charge in [-0.2, -0.15) is 0 Å². The number of aromatic nitrogens is 1. The quantitative estimate of drug-likeness (QED) is 0.705. The number of rotatable bonds is 6. The van der Waals surface area contributed by atoms with Gasteiger partial charge in [0.2, 0.25) is 0 Å². The van der Waals surface area contributed by atoms with Gasteiger partial charge >= 0.3 is 5.97 Å². The minimum Gasteiger partial charge on any atom is -0.481 e. The molecule has 152 valence electrons. The van der Waals surface area contributed by atoms with Crippen LogP contribution in [0.4, 0.5) is 4.39 Å². The average Bonchev–Trinajstić information content (AvgIpc) is 2.63. The lowest BCUT2D eigenvalue weighted by Gasteiger charge is -2.43. The number of benzene rings is 1. The number of likely N-dealkylation sites (tertiary alicyclic amines) is 1. The molecule has 1 aromatic heterocycles. The van der Waals surface area contributed by atoms with E-state index in [4.69, 9.17) is 0 Å². The van der Waals surface area contributed by atoms with Gasteiger partial charge in [-0.25, -0.2) is 4.39 Å². The molecule has 1 aromatic carbocycles. The minimum absolute atomic E-state index is 0.159. The van der Waals surface area contributed by atoms with E-state index in [-0.39, 0.29) is 22.9 Å². The first-order chi connectivity index (χ1) is 13.2. The van der Waals surface area contributed by atoms with Crippen molar-refractivity contribution in [2.24, 2.45) is 11.3 Å². The fourth-order valence-corrected chi connectivity index (χ4v) is 4.02. The molecule has 0 unspecified atom stereocenters. The minimum atomic E-state index is -1.23. The molecule has 0 bridgehead atoms. The predicted molar refractivity (Wildman–Crippen MR) is 105 cm³/mol. The fourth-order valence-electron chi connectivity index (χ4n) is 4.02. The Balaban J connectivity index is 1.86. The van der Waals surface area contributed by atoms with Crippen LogP contribution in [0.15, 0.2) is 29.1 Å². The highest BCUT2D eigenvalue weighted by Crippen LogP contribution is 2.37. The third-order valence-corrected chi connectivity index (χ3v) is 5.72. The van der Waals surface area contributed by atoms with Crippen molar-refractivity contribution < 1.29 is 19.4 Å². The molecule has 6 nitrogen and oxygen atoms in total. The molecule has 3 rings (SSSR count). The van der Waals surface area contributed by atoms with Gasteiger partial charge < -0.3 is 15.2 Å². The number of piperidine rings is 1. The highest BCUT2D eigenvalue weighted by atomic mass is 19.1. The van der Waals surface area contributed by atoms with E-state index in [0.717, 1.165) is 0 Å². The van der Waals surface area contributed by atoms with Crippen LogP contribution in [-0.2, 0) is 11.3 Å². The zero-order valence-corrected chi connectivity index (χ0v) is 16.2. The maximum atomic E-state index is 14.1. The third kappa shape index (κ3) is 3.95. The number of hydrogen-bond acceptors (Lipinski definition) is 4. The number of aliphatic carboxylic acids is 1. The highest BCUT2D eigenvalue weighted by molar-refractivity contribution is 5.79. The number of carboxylic acid groups (broad SMARTS) is 1. The zero-order chi connectivity index (χ0) is 20.5. The number of halogens is 1. The first kappa shape index (κ1) is 20.5. The maximum Gasteiger partial charge on any atom is 0.313 e. The van der Waals surface area contributed by atoms with Gasteiger partial charge in [0.05, 0.1) is 11.6 Å². The Bertz CT molecular complexity index is 926. The SMILES string of the molecule is CC(C)CC[C@@]1(C(=O)O)CN(Cc2cc(=O)c3cccc(F)c3[nH]2)CC[C@H]1O. The van der Waals surface area contributed by atoms with Gasteiger partial charge in [0.1, 0.15) is 11.2 Å². The van der Waals surface area contributed by atoms with Gasteiger partial charge in [-0.1, -0.05) is 19.9 Å². The van der Waals surface area contributed by atoms with Crippen molar-refractivity contribution in [3.63, 3.8) is 0 Å². The third-order valence-electron chi connectivity index (χ3n) is 5.72. The number of nitrogens with one attached hydrogen (secondary N) is 1. The van der Waals surface area contributed by atoms with Gasteiger partial charge in [0.15, 0.2) is 5.43 Å². The number of aliphatic hydroxyl groups is 1. The number of carboxylic acids is 1. The van der Waals surface area contributed by atoms with E-state index >= 15 is 0 Å². The maximum absolute atomic E-state index is 14.1. The Hall–Kier alpha value is -2.25. The van der Waals surface area contributed by atoms with Crippen LogP contribution in [0.5, 0.6) is 0 Å².